The highest BCUT2D eigenvalue weighted by atomic mass is 32.2. The number of anilines is 1. The van der Waals surface area contributed by atoms with E-state index in [-0.39, 0.29) is 23.9 Å². The molecular weight excluding hydrogens is 459 g/mol. The highest BCUT2D eigenvalue weighted by molar-refractivity contribution is 7.99. The van der Waals surface area contributed by atoms with Gasteiger partial charge in [-0.15, -0.1) is 0 Å². The van der Waals surface area contributed by atoms with Gasteiger partial charge in [-0.05, 0) is 30.3 Å². The third-order valence-corrected chi connectivity index (χ3v) is 6.85. The Labute approximate surface area is 199 Å². The van der Waals surface area contributed by atoms with Crippen LogP contribution in [0.4, 0.5) is 14.9 Å². The predicted molar refractivity (Wildman–Crippen MR) is 129 cm³/mol. The molecule has 2 fully saturated rings. The first kappa shape index (κ1) is 22.2. The molecule has 0 spiro atoms. The zero-order valence-electron chi connectivity index (χ0n) is 18.5. The van der Waals surface area contributed by atoms with Crippen molar-refractivity contribution >= 4 is 46.3 Å². The normalized spacial score (nSPS) is 19.6. The summed E-state index contributed by atoms with van der Waals surface area (Å²) in [6.07, 6.45) is 1.57. The fraction of sp³-hybridized carbons (Fsp3) is 0.304. The summed E-state index contributed by atoms with van der Waals surface area (Å²) in [6, 6.07) is 8.44. The van der Waals surface area contributed by atoms with Crippen LogP contribution < -0.4 is 15.0 Å². The van der Waals surface area contributed by atoms with Crippen LogP contribution in [-0.2, 0) is 4.79 Å². The van der Waals surface area contributed by atoms with Gasteiger partial charge in [-0.1, -0.05) is 0 Å². The molecule has 3 aromatic rings. The van der Waals surface area contributed by atoms with Crippen molar-refractivity contribution in [3.05, 3.63) is 54.1 Å². The van der Waals surface area contributed by atoms with Crippen molar-refractivity contribution in [2.75, 3.05) is 43.1 Å². The summed E-state index contributed by atoms with van der Waals surface area (Å²) in [4.78, 5) is 40.6. The SMILES string of the molecule is COc1ccc(C2C(=NCC(=O)N3CCSCC3)NC(=O)N2c2ccc3nc[nH]c3c2)c(F)c1. The first-order valence-electron chi connectivity index (χ1n) is 10.8. The van der Waals surface area contributed by atoms with E-state index in [1.165, 1.54) is 18.1 Å². The number of nitrogens with zero attached hydrogens (tertiary/aromatic N) is 4. The van der Waals surface area contributed by atoms with Crippen LogP contribution in [0.3, 0.4) is 0 Å². The molecule has 2 aliphatic heterocycles. The molecule has 2 aromatic carbocycles. The number of benzene rings is 2. The zero-order valence-corrected chi connectivity index (χ0v) is 19.3. The van der Waals surface area contributed by atoms with Crippen LogP contribution in [0.25, 0.3) is 11.0 Å². The Bertz CT molecular complexity index is 1270. The minimum atomic E-state index is -0.872. The van der Waals surface area contributed by atoms with Gasteiger partial charge in [0.2, 0.25) is 5.91 Å². The van der Waals surface area contributed by atoms with Crippen LogP contribution in [0.2, 0.25) is 0 Å². The average Bonchev–Trinajstić information content (AvgIpc) is 3.46. The third-order valence-electron chi connectivity index (χ3n) is 5.90. The second-order valence-electron chi connectivity index (χ2n) is 7.89. The Hall–Kier alpha value is -3.60. The molecule has 1 atom stereocenters. The second-order valence-corrected chi connectivity index (χ2v) is 9.11. The third kappa shape index (κ3) is 4.18. The van der Waals surface area contributed by atoms with Crippen LogP contribution in [0, 0.1) is 5.82 Å². The molecule has 2 aliphatic rings. The highest BCUT2D eigenvalue weighted by Crippen LogP contribution is 2.35. The maximum absolute atomic E-state index is 15.2. The number of H-pyrrole nitrogens is 1. The fourth-order valence-electron chi connectivity index (χ4n) is 4.15. The Morgan fingerprint density at radius 3 is 2.85 bits per heavy atom. The molecule has 2 saturated heterocycles. The number of amides is 3. The number of halogens is 1. The van der Waals surface area contributed by atoms with E-state index < -0.39 is 17.9 Å². The van der Waals surface area contributed by atoms with Crippen molar-refractivity contribution in [3.63, 3.8) is 0 Å². The number of fused-ring (bicyclic) bond motifs is 1. The number of thioether (sulfide) groups is 1. The number of imidazole rings is 1. The van der Waals surface area contributed by atoms with Crippen molar-refractivity contribution < 1.29 is 18.7 Å². The van der Waals surface area contributed by atoms with E-state index in [1.807, 2.05) is 11.8 Å². The number of methoxy groups -OCH3 is 1. The summed E-state index contributed by atoms with van der Waals surface area (Å²) in [5.41, 5.74) is 2.26. The molecule has 11 heteroatoms. The first-order chi connectivity index (χ1) is 16.5. The van der Waals surface area contributed by atoms with Gasteiger partial charge in [0.05, 0.1) is 24.5 Å². The van der Waals surface area contributed by atoms with Crippen LogP contribution in [-0.4, -0.2) is 70.9 Å². The van der Waals surface area contributed by atoms with E-state index in [2.05, 4.69) is 20.3 Å². The molecular formula is C23H23FN6O3S. The second kappa shape index (κ2) is 9.34. The molecule has 0 bridgehead atoms. The van der Waals surface area contributed by atoms with Crippen LogP contribution in [0.5, 0.6) is 5.75 Å². The molecule has 176 valence electrons. The summed E-state index contributed by atoms with van der Waals surface area (Å²) < 4.78 is 20.3. The van der Waals surface area contributed by atoms with Crippen molar-refractivity contribution in [2.24, 2.45) is 4.99 Å². The lowest BCUT2D eigenvalue weighted by atomic mass is 10.0. The molecule has 0 aliphatic carbocycles. The van der Waals surface area contributed by atoms with Crippen molar-refractivity contribution in [1.29, 1.82) is 0 Å². The van der Waals surface area contributed by atoms with Gasteiger partial charge in [0.25, 0.3) is 0 Å². The van der Waals surface area contributed by atoms with Gasteiger partial charge in [0, 0.05) is 41.9 Å². The molecule has 5 rings (SSSR count). The topological polar surface area (TPSA) is 103 Å². The predicted octanol–water partition coefficient (Wildman–Crippen LogP) is 2.96. The molecule has 3 amide bonds. The minimum Gasteiger partial charge on any atom is -0.497 e. The highest BCUT2D eigenvalue weighted by Gasteiger charge is 2.40. The number of ether oxygens (including phenoxy) is 1. The average molecular weight is 483 g/mol. The van der Waals surface area contributed by atoms with Gasteiger partial charge in [-0.2, -0.15) is 11.8 Å². The number of amidine groups is 1. The molecule has 34 heavy (non-hydrogen) atoms. The Morgan fingerprint density at radius 2 is 2.09 bits per heavy atom. The van der Waals surface area contributed by atoms with Crippen molar-refractivity contribution in [2.45, 2.75) is 6.04 Å². The molecule has 1 unspecified atom stereocenters. The number of nitrogens with one attached hydrogen (secondary N) is 2. The summed E-state index contributed by atoms with van der Waals surface area (Å²) in [5, 5.41) is 2.75. The van der Waals surface area contributed by atoms with E-state index in [4.69, 9.17) is 4.74 Å². The number of urea groups is 1. The lowest BCUT2D eigenvalue weighted by molar-refractivity contribution is -0.129. The Morgan fingerprint density at radius 1 is 1.26 bits per heavy atom. The maximum atomic E-state index is 15.2. The van der Waals surface area contributed by atoms with Crippen LogP contribution in [0.15, 0.2) is 47.7 Å². The van der Waals surface area contributed by atoms with Gasteiger partial charge in [0.15, 0.2) is 0 Å². The number of aromatic nitrogens is 2. The smallest absolute Gasteiger partial charge is 0.328 e. The molecule has 9 nitrogen and oxygen atoms in total. The van der Waals surface area contributed by atoms with E-state index in [0.29, 0.717) is 24.5 Å². The first-order valence-corrected chi connectivity index (χ1v) is 12.0. The Balaban J connectivity index is 1.52. The van der Waals surface area contributed by atoms with Gasteiger partial charge in [-0.3, -0.25) is 20.0 Å². The number of rotatable bonds is 5. The lowest BCUT2D eigenvalue weighted by Gasteiger charge is -2.26. The van der Waals surface area contributed by atoms with Crippen LogP contribution >= 0.6 is 11.8 Å². The van der Waals surface area contributed by atoms with Gasteiger partial charge < -0.3 is 14.6 Å². The Kier molecular flexibility index (Phi) is 6.10. The summed E-state index contributed by atoms with van der Waals surface area (Å²) in [7, 11) is 1.46. The number of hydrogen-bond acceptors (Lipinski definition) is 6. The lowest BCUT2D eigenvalue weighted by Crippen LogP contribution is -2.39. The number of hydrogen-bond donors (Lipinski definition) is 2. The summed E-state index contributed by atoms with van der Waals surface area (Å²) in [5.74, 6) is 1.71. The number of aromatic amines is 1. The monoisotopic (exact) mass is 482 g/mol. The molecule has 3 heterocycles. The summed E-state index contributed by atoms with van der Waals surface area (Å²) >= 11 is 1.81. The quantitative estimate of drug-likeness (QED) is 0.582. The number of carbonyl (C=O) groups excluding carboxylic acids is 2. The number of aliphatic imine (C=N–C) groups is 1. The molecule has 0 radical (unpaired) electrons. The van der Waals surface area contributed by atoms with Gasteiger partial charge in [-0.25, -0.2) is 14.2 Å². The summed E-state index contributed by atoms with van der Waals surface area (Å²) in [6.45, 7) is 1.23. The fourth-order valence-corrected chi connectivity index (χ4v) is 5.06. The van der Waals surface area contributed by atoms with Gasteiger partial charge in [0.1, 0.15) is 30.0 Å². The minimum absolute atomic E-state index is 0.117. The molecule has 1 aromatic heterocycles. The largest absolute Gasteiger partial charge is 0.497 e. The van der Waals surface area contributed by atoms with E-state index in [1.54, 1.807) is 41.6 Å². The zero-order chi connectivity index (χ0) is 23.7. The van der Waals surface area contributed by atoms with Crippen molar-refractivity contribution in [1.82, 2.24) is 20.2 Å². The van der Waals surface area contributed by atoms with Gasteiger partial charge >= 0.3 is 6.03 Å². The van der Waals surface area contributed by atoms with E-state index in [9.17, 15) is 9.59 Å². The standard InChI is InChI=1S/C23H23FN6O3S/c1-33-15-3-4-16(17(24)11-15)21-22(25-12-20(31)29-6-8-34-9-7-29)28-23(32)30(21)14-2-5-18-19(10-14)27-13-26-18/h2-5,10-11,13,21H,6-9,12H2,1H3,(H,26,27)(H,25,28,32). The maximum Gasteiger partial charge on any atom is 0.328 e. The van der Waals surface area contributed by atoms with E-state index >= 15 is 4.39 Å². The molecule has 0 saturated carbocycles. The van der Waals surface area contributed by atoms with Crippen molar-refractivity contribution in [3.8, 4) is 5.75 Å². The van der Waals surface area contributed by atoms with E-state index in [0.717, 1.165) is 22.5 Å². The molecule has 2 N–H and O–H groups in total. The van der Waals surface area contributed by atoms with Crippen LogP contribution in [0.1, 0.15) is 11.6 Å². The number of carbonyl (C=O) groups is 2.